The van der Waals surface area contributed by atoms with Crippen molar-refractivity contribution in [3.05, 3.63) is 54.1 Å². The third-order valence-corrected chi connectivity index (χ3v) is 3.82. The molecule has 0 aromatic heterocycles. The van der Waals surface area contributed by atoms with E-state index in [1.807, 2.05) is 24.3 Å². The van der Waals surface area contributed by atoms with Crippen LogP contribution in [0.1, 0.15) is 18.9 Å². The number of para-hydroxylation sites is 2. The lowest BCUT2D eigenvalue weighted by Gasteiger charge is -2.15. The Morgan fingerprint density at radius 1 is 1.00 bits per heavy atom. The highest BCUT2D eigenvalue weighted by molar-refractivity contribution is 5.96. The molecule has 26 heavy (non-hydrogen) atoms. The van der Waals surface area contributed by atoms with Crippen LogP contribution in [0.25, 0.3) is 0 Å². The molecule has 1 atom stereocenters. The summed E-state index contributed by atoms with van der Waals surface area (Å²) in [4.78, 5) is 24.2. The zero-order chi connectivity index (χ0) is 18.9. The summed E-state index contributed by atoms with van der Waals surface area (Å²) in [5.41, 5.74) is 1.52. The van der Waals surface area contributed by atoms with Crippen LogP contribution >= 0.6 is 0 Å². The Balaban J connectivity index is 1.82. The first kappa shape index (κ1) is 19.3. The summed E-state index contributed by atoms with van der Waals surface area (Å²) in [6, 6.07) is 14.5. The van der Waals surface area contributed by atoms with Gasteiger partial charge in [-0.3, -0.25) is 9.59 Å². The predicted molar refractivity (Wildman–Crippen MR) is 98.5 cm³/mol. The van der Waals surface area contributed by atoms with Gasteiger partial charge < -0.3 is 19.5 Å². The van der Waals surface area contributed by atoms with Crippen molar-refractivity contribution in [2.45, 2.75) is 25.9 Å². The fourth-order valence-electron chi connectivity index (χ4n) is 2.33. The van der Waals surface area contributed by atoms with Crippen LogP contribution in [0, 0.1) is 0 Å². The van der Waals surface area contributed by atoms with Gasteiger partial charge in [0.25, 0.3) is 5.91 Å². The van der Waals surface area contributed by atoms with Crippen molar-refractivity contribution in [1.82, 2.24) is 0 Å². The van der Waals surface area contributed by atoms with Gasteiger partial charge in [0.15, 0.2) is 6.10 Å². The molecular formula is C20H23NO5. The Labute approximate surface area is 153 Å². The molecule has 2 aromatic rings. The molecule has 0 unspecified atom stereocenters. The molecule has 0 radical (unpaired) electrons. The molecule has 6 nitrogen and oxygen atoms in total. The molecule has 0 fully saturated rings. The number of aryl methyl sites for hydroxylation is 1. The summed E-state index contributed by atoms with van der Waals surface area (Å²) in [6.45, 7) is 1.54. The van der Waals surface area contributed by atoms with Crippen molar-refractivity contribution in [2.75, 3.05) is 19.5 Å². The number of carbonyl (C=O) groups is 2. The van der Waals surface area contributed by atoms with E-state index in [0.29, 0.717) is 17.9 Å². The normalized spacial score (nSPS) is 11.3. The van der Waals surface area contributed by atoms with E-state index in [1.165, 1.54) is 14.0 Å². The number of hydrogen-bond donors (Lipinski definition) is 1. The van der Waals surface area contributed by atoms with Crippen LogP contribution in [0.15, 0.2) is 48.5 Å². The molecule has 0 saturated heterocycles. The third kappa shape index (κ3) is 5.51. The number of methoxy groups -OCH3 is 2. The average molecular weight is 357 g/mol. The maximum atomic E-state index is 12.2. The Morgan fingerprint density at radius 3 is 2.35 bits per heavy atom. The van der Waals surface area contributed by atoms with Crippen molar-refractivity contribution >= 4 is 17.6 Å². The van der Waals surface area contributed by atoms with Gasteiger partial charge in [-0.15, -0.1) is 0 Å². The number of esters is 1. The van der Waals surface area contributed by atoms with Crippen LogP contribution in [0.2, 0.25) is 0 Å². The number of ether oxygens (including phenoxy) is 3. The molecule has 2 rings (SSSR count). The second-order valence-electron chi connectivity index (χ2n) is 5.67. The van der Waals surface area contributed by atoms with Gasteiger partial charge in [-0.2, -0.15) is 0 Å². The quantitative estimate of drug-likeness (QED) is 0.735. The third-order valence-electron chi connectivity index (χ3n) is 3.82. The summed E-state index contributed by atoms with van der Waals surface area (Å²) in [5.74, 6) is 0.465. The maximum absolute atomic E-state index is 12.2. The fourth-order valence-corrected chi connectivity index (χ4v) is 2.33. The van der Waals surface area contributed by atoms with Crippen LogP contribution in [-0.2, 0) is 20.7 Å². The Bertz CT molecular complexity index is 742. The first-order chi connectivity index (χ1) is 12.5. The van der Waals surface area contributed by atoms with Gasteiger partial charge in [-0.25, -0.2) is 0 Å². The first-order valence-electron chi connectivity index (χ1n) is 8.29. The molecule has 0 spiro atoms. The SMILES string of the molecule is COc1ccc(CCC(=O)O[C@H](C)C(=O)Nc2ccccc2OC)cc1. The highest BCUT2D eigenvalue weighted by atomic mass is 16.5. The summed E-state index contributed by atoms with van der Waals surface area (Å²) in [6.07, 6.45) is -0.175. The topological polar surface area (TPSA) is 73.9 Å². The molecule has 0 heterocycles. The van der Waals surface area contributed by atoms with E-state index in [0.717, 1.165) is 11.3 Å². The average Bonchev–Trinajstić information content (AvgIpc) is 2.67. The maximum Gasteiger partial charge on any atom is 0.306 e. The highest BCUT2D eigenvalue weighted by Crippen LogP contribution is 2.23. The van der Waals surface area contributed by atoms with E-state index < -0.39 is 18.0 Å². The smallest absolute Gasteiger partial charge is 0.306 e. The van der Waals surface area contributed by atoms with E-state index in [2.05, 4.69) is 5.32 Å². The Morgan fingerprint density at radius 2 is 1.69 bits per heavy atom. The standard InChI is InChI=1S/C20H23NO5/c1-14(20(23)21-17-6-4-5-7-18(17)25-3)26-19(22)13-10-15-8-11-16(24-2)12-9-15/h4-9,11-12,14H,10,13H2,1-3H3,(H,21,23)/t14-/m1/s1. The largest absolute Gasteiger partial charge is 0.497 e. The number of amides is 1. The van der Waals surface area contributed by atoms with Crippen LogP contribution in [-0.4, -0.2) is 32.2 Å². The molecular weight excluding hydrogens is 334 g/mol. The molecule has 0 saturated carbocycles. The Kier molecular flexibility index (Phi) is 7.02. The van der Waals surface area contributed by atoms with Crippen molar-refractivity contribution in [1.29, 1.82) is 0 Å². The molecule has 138 valence electrons. The molecule has 0 bridgehead atoms. The van der Waals surface area contributed by atoms with Gasteiger partial charge >= 0.3 is 5.97 Å². The van der Waals surface area contributed by atoms with Crippen LogP contribution in [0.4, 0.5) is 5.69 Å². The minimum atomic E-state index is -0.900. The van der Waals surface area contributed by atoms with Gasteiger partial charge in [-0.05, 0) is 43.2 Å². The molecule has 1 N–H and O–H groups in total. The predicted octanol–water partition coefficient (Wildman–Crippen LogP) is 3.21. The second-order valence-corrected chi connectivity index (χ2v) is 5.67. The lowest BCUT2D eigenvalue weighted by molar-refractivity contribution is -0.153. The van der Waals surface area contributed by atoms with E-state index in [9.17, 15) is 9.59 Å². The van der Waals surface area contributed by atoms with Gasteiger partial charge in [0.05, 0.1) is 19.9 Å². The second kappa shape index (κ2) is 9.46. The fraction of sp³-hybridized carbons (Fsp3) is 0.300. The van der Waals surface area contributed by atoms with E-state index in [-0.39, 0.29) is 6.42 Å². The van der Waals surface area contributed by atoms with Crippen LogP contribution in [0.3, 0.4) is 0 Å². The van der Waals surface area contributed by atoms with E-state index in [1.54, 1.807) is 31.4 Å². The zero-order valence-electron chi connectivity index (χ0n) is 15.2. The number of nitrogens with one attached hydrogen (secondary N) is 1. The van der Waals surface area contributed by atoms with Crippen molar-refractivity contribution < 1.29 is 23.8 Å². The molecule has 1 amide bonds. The number of hydrogen-bond acceptors (Lipinski definition) is 5. The van der Waals surface area contributed by atoms with Crippen molar-refractivity contribution in [3.8, 4) is 11.5 Å². The van der Waals surface area contributed by atoms with E-state index in [4.69, 9.17) is 14.2 Å². The zero-order valence-corrected chi connectivity index (χ0v) is 15.2. The summed E-state index contributed by atoms with van der Waals surface area (Å²) >= 11 is 0. The lowest BCUT2D eigenvalue weighted by Crippen LogP contribution is -2.30. The number of rotatable bonds is 8. The number of anilines is 1. The Hall–Kier alpha value is -3.02. The van der Waals surface area contributed by atoms with Crippen LogP contribution in [0.5, 0.6) is 11.5 Å². The van der Waals surface area contributed by atoms with Crippen LogP contribution < -0.4 is 14.8 Å². The summed E-state index contributed by atoms with van der Waals surface area (Å²) in [5, 5.41) is 2.70. The van der Waals surface area contributed by atoms with Gasteiger partial charge in [0.2, 0.25) is 0 Å². The molecule has 0 aliphatic carbocycles. The van der Waals surface area contributed by atoms with Crippen molar-refractivity contribution in [3.63, 3.8) is 0 Å². The first-order valence-corrected chi connectivity index (χ1v) is 8.29. The molecule has 2 aromatic carbocycles. The molecule has 6 heteroatoms. The van der Waals surface area contributed by atoms with Crippen molar-refractivity contribution in [2.24, 2.45) is 0 Å². The van der Waals surface area contributed by atoms with Gasteiger partial charge in [0, 0.05) is 6.42 Å². The van der Waals surface area contributed by atoms with Gasteiger partial charge in [-0.1, -0.05) is 24.3 Å². The monoisotopic (exact) mass is 357 g/mol. The number of carbonyl (C=O) groups excluding carboxylic acids is 2. The summed E-state index contributed by atoms with van der Waals surface area (Å²) < 4.78 is 15.5. The highest BCUT2D eigenvalue weighted by Gasteiger charge is 2.19. The van der Waals surface area contributed by atoms with Gasteiger partial charge in [0.1, 0.15) is 11.5 Å². The molecule has 0 aliphatic heterocycles. The molecule has 0 aliphatic rings. The summed E-state index contributed by atoms with van der Waals surface area (Å²) in [7, 11) is 3.12. The van der Waals surface area contributed by atoms with E-state index >= 15 is 0 Å². The lowest BCUT2D eigenvalue weighted by atomic mass is 10.1. The minimum absolute atomic E-state index is 0.193. The minimum Gasteiger partial charge on any atom is -0.497 e. The number of benzene rings is 2.